The fourth-order valence-electron chi connectivity index (χ4n) is 3.55. The molecule has 0 amide bonds. The quantitative estimate of drug-likeness (QED) is 0.447. The number of fused-ring (bicyclic) bond motifs is 3. The summed E-state index contributed by atoms with van der Waals surface area (Å²) in [6.45, 7) is 4.11. The smallest absolute Gasteiger partial charge is 0.312 e. The van der Waals surface area contributed by atoms with Crippen molar-refractivity contribution in [2.45, 2.75) is 57.3 Å². The van der Waals surface area contributed by atoms with E-state index >= 15 is 0 Å². The highest BCUT2D eigenvalue weighted by Crippen LogP contribution is 2.50. The molecule has 0 aromatic rings. The topological polar surface area (TPSA) is 59.1 Å². The number of carbonyl (C=O) groups excluding carboxylic acids is 1. The molecule has 4 nitrogen and oxygen atoms in total. The monoisotopic (exact) mass is 266 g/mol. The number of aliphatic hydroxyl groups is 1. The predicted molar refractivity (Wildman–Crippen MR) is 69.4 cm³/mol. The number of ether oxygens (including phenoxy) is 2. The molecule has 0 aromatic carbocycles. The molecule has 0 spiro atoms. The minimum absolute atomic E-state index is 0.0183. The second-order valence-electron chi connectivity index (χ2n) is 6.33. The van der Waals surface area contributed by atoms with Crippen molar-refractivity contribution < 1.29 is 19.4 Å². The number of hydrogen-bond acceptors (Lipinski definition) is 4. The van der Waals surface area contributed by atoms with Crippen LogP contribution in [0.2, 0.25) is 0 Å². The highest BCUT2D eigenvalue weighted by atomic mass is 16.6. The molecule has 5 atom stereocenters. The van der Waals surface area contributed by atoms with Crippen LogP contribution in [0.1, 0.15) is 39.5 Å². The van der Waals surface area contributed by atoms with Crippen LogP contribution in [0, 0.1) is 11.8 Å². The van der Waals surface area contributed by atoms with E-state index in [-0.39, 0.29) is 42.2 Å². The van der Waals surface area contributed by atoms with Gasteiger partial charge in [-0.3, -0.25) is 4.79 Å². The molecule has 106 valence electrons. The zero-order valence-corrected chi connectivity index (χ0v) is 11.6. The van der Waals surface area contributed by atoms with Gasteiger partial charge in [-0.2, -0.15) is 0 Å². The van der Waals surface area contributed by atoms with Crippen LogP contribution in [-0.4, -0.2) is 35.5 Å². The van der Waals surface area contributed by atoms with E-state index in [2.05, 4.69) is 19.9 Å². The lowest BCUT2D eigenvalue weighted by molar-refractivity contribution is -0.145. The van der Waals surface area contributed by atoms with Crippen molar-refractivity contribution in [1.82, 2.24) is 0 Å². The summed E-state index contributed by atoms with van der Waals surface area (Å²) in [6.07, 6.45) is 5.98. The van der Waals surface area contributed by atoms with Gasteiger partial charge in [-0.1, -0.05) is 11.6 Å². The lowest BCUT2D eigenvalue weighted by Gasteiger charge is -2.21. The third-order valence-electron chi connectivity index (χ3n) is 4.94. The van der Waals surface area contributed by atoms with Crippen molar-refractivity contribution in [3.63, 3.8) is 0 Å². The number of aliphatic hydroxyl groups excluding tert-OH is 1. The van der Waals surface area contributed by atoms with Crippen LogP contribution in [0.25, 0.3) is 0 Å². The molecule has 19 heavy (non-hydrogen) atoms. The van der Waals surface area contributed by atoms with Crippen LogP contribution in [0.4, 0.5) is 0 Å². The Labute approximate surface area is 113 Å². The van der Waals surface area contributed by atoms with E-state index in [4.69, 9.17) is 9.47 Å². The molecular weight excluding hydrogens is 244 g/mol. The Morgan fingerprint density at radius 3 is 3.05 bits per heavy atom. The molecule has 3 rings (SSSR count). The maximum Gasteiger partial charge on any atom is 0.312 e. The third-order valence-corrected chi connectivity index (χ3v) is 4.94. The molecule has 3 aliphatic rings. The van der Waals surface area contributed by atoms with E-state index < -0.39 is 0 Å². The van der Waals surface area contributed by atoms with Gasteiger partial charge in [0.15, 0.2) is 0 Å². The summed E-state index contributed by atoms with van der Waals surface area (Å²) in [7, 11) is 0. The lowest BCUT2D eigenvalue weighted by atomic mass is 9.81. The minimum atomic E-state index is -0.370. The summed E-state index contributed by atoms with van der Waals surface area (Å²) >= 11 is 0. The van der Waals surface area contributed by atoms with Crippen LogP contribution >= 0.6 is 0 Å². The van der Waals surface area contributed by atoms with Crippen molar-refractivity contribution in [1.29, 1.82) is 0 Å². The molecule has 1 N–H and O–H groups in total. The summed E-state index contributed by atoms with van der Waals surface area (Å²) in [4.78, 5) is 11.9. The van der Waals surface area contributed by atoms with Crippen molar-refractivity contribution >= 4 is 5.97 Å². The molecule has 0 aromatic heterocycles. The number of rotatable bonds is 1. The summed E-state index contributed by atoms with van der Waals surface area (Å²) in [5.74, 6) is -0.535. The molecule has 0 bridgehead atoms. The van der Waals surface area contributed by atoms with Gasteiger partial charge in [-0.15, -0.1) is 0 Å². The van der Waals surface area contributed by atoms with Crippen molar-refractivity contribution in [2.75, 3.05) is 6.61 Å². The second-order valence-corrected chi connectivity index (χ2v) is 6.33. The van der Waals surface area contributed by atoms with Crippen molar-refractivity contribution in [3.8, 4) is 0 Å². The first kappa shape index (κ1) is 13.1. The third kappa shape index (κ3) is 2.21. The predicted octanol–water partition coefficient (Wildman–Crippen LogP) is 1.81. The highest BCUT2D eigenvalue weighted by molar-refractivity contribution is 5.75. The summed E-state index contributed by atoms with van der Waals surface area (Å²) in [6, 6.07) is 0. The van der Waals surface area contributed by atoms with Crippen molar-refractivity contribution in [2.24, 2.45) is 11.8 Å². The Bertz CT molecular complexity index is 416. The fraction of sp³-hybridized carbons (Fsp3) is 0.800. The van der Waals surface area contributed by atoms with Gasteiger partial charge in [0.05, 0.1) is 18.1 Å². The molecule has 2 aliphatic heterocycles. The Hall–Kier alpha value is -0.870. The maximum absolute atomic E-state index is 11.9. The van der Waals surface area contributed by atoms with Crippen LogP contribution in [-0.2, 0) is 14.3 Å². The summed E-state index contributed by atoms with van der Waals surface area (Å²) in [5.41, 5.74) is 1.21. The Balaban J connectivity index is 1.85. The fourth-order valence-corrected chi connectivity index (χ4v) is 3.55. The first-order valence-corrected chi connectivity index (χ1v) is 7.20. The number of esters is 1. The lowest BCUT2D eigenvalue weighted by Crippen LogP contribution is -2.31. The minimum Gasteiger partial charge on any atom is -0.459 e. The zero-order chi connectivity index (χ0) is 13.6. The highest BCUT2D eigenvalue weighted by Gasteiger charge is 2.62. The molecule has 2 saturated heterocycles. The molecule has 2 heterocycles. The van der Waals surface area contributed by atoms with Gasteiger partial charge in [-0.05, 0) is 39.5 Å². The average molecular weight is 266 g/mol. The second kappa shape index (κ2) is 4.60. The van der Waals surface area contributed by atoms with Crippen LogP contribution < -0.4 is 0 Å². The standard InChI is InChI=1S/C15H22O4/c1-9-4-3-7-15(2)13(19-15)12-10(6-5-9)11(8-16)14(17)18-12/h4,10-13,16H,3,5-8H2,1-2H3. The average Bonchev–Trinajstić information content (AvgIpc) is 2.92. The maximum atomic E-state index is 11.9. The molecular formula is C15H22O4. The van der Waals surface area contributed by atoms with Crippen LogP contribution in [0.5, 0.6) is 0 Å². The Morgan fingerprint density at radius 2 is 2.32 bits per heavy atom. The van der Waals surface area contributed by atoms with E-state index in [1.165, 1.54) is 5.57 Å². The van der Waals surface area contributed by atoms with E-state index in [9.17, 15) is 9.90 Å². The molecule has 2 fully saturated rings. The summed E-state index contributed by atoms with van der Waals surface area (Å²) < 4.78 is 11.4. The largest absolute Gasteiger partial charge is 0.459 e. The van der Waals surface area contributed by atoms with Gasteiger partial charge in [0.25, 0.3) is 0 Å². The van der Waals surface area contributed by atoms with Crippen molar-refractivity contribution in [3.05, 3.63) is 11.6 Å². The normalized spacial score (nSPS) is 45.8. The number of hydrogen-bond donors (Lipinski definition) is 1. The number of allylic oxidation sites excluding steroid dienone is 2. The van der Waals surface area contributed by atoms with Gasteiger partial charge in [0, 0.05) is 5.92 Å². The molecule has 1 aliphatic carbocycles. The van der Waals surface area contributed by atoms with Gasteiger partial charge in [0.1, 0.15) is 12.2 Å². The first-order valence-electron chi connectivity index (χ1n) is 7.20. The van der Waals surface area contributed by atoms with Gasteiger partial charge in [-0.25, -0.2) is 0 Å². The Kier molecular flexibility index (Phi) is 3.18. The van der Waals surface area contributed by atoms with E-state index in [1.54, 1.807) is 0 Å². The summed E-state index contributed by atoms with van der Waals surface area (Å²) in [5, 5.41) is 9.44. The van der Waals surface area contributed by atoms with Gasteiger partial charge in [0.2, 0.25) is 0 Å². The van der Waals surface area contributed by atoms with Crippen LogP contribution in [0.3, 0.4) is 0 Å². The number of carbonyl (C=O) groups is 1. The van der Waals surface area contributed by atoms with Gasteiger partial charge < -0.3 is 14.6 Å². The Morgan fingerprint density at radius 1 is 1.53 bits per heavy atom. The zero-order valence-electron chi connectivity index (χ0n) is 11.6. The molecule has 5 unspecified atom stereocenters. The van der Waals surface area contributed by atoms with E-state index in [0.717, 1.165) is 25.7 Å². The van der Waals surface area contributed by atoms with Crippen LogP contribution in [0.15, 0.2) is 11.6 Å². The molecule has 4 heteroatoms. The van der Waals surface area contributed by atoms with E-state index in [0.29, 0.717) is 0 Å². The molecule has 0 radical (unpaired) electrons. The first-order chi connectivity index (χ1) is 9.05. The van der Waals surface area contributed by atoms with E-state index in [1.807, 2.05) is 0 Å². The number of epoxide rings is 1. The molecule has 0 saturated carbocycles. The SMILES string of the molecule is CC1=CCCC2(C)OC2C2OC(=O)C(CO)C2CC1. The van der Waals surface area contributed by atoms with Gasteiger partial charge >= 0.3 is 5.97 Å².